The molecule has 0 saturated carbocycles. The summed E-state index contributed by atoms with van der Waals surface area (Å²) in [6, 6.07) is 30.4. The van der Waals surface area contributed by atoms with Crippen molar-refractivity contribution in [2.24, 2.45) is 0 Å². The zero-order chi connectivity index (χ0) is 31.4. The molecule has 45 heavy (non-hydrogen) atoms. The molecule has 0 saturated heterocycles. The van der Waals surface area contributed by atoms with E-state index in [-0.39, 0.29) is 10.8 Å². The Kier molecular flexibility index (Phi) is 9.91. The van der Waals surface area contributed by atoms with E-state index in [1.54, 1.807) is 11.1 Å². The summed E-state index contributed by atoms with van der Waals surface area (Å²) < 4.78 is 0. The van der Waals surface area contributed by atoms with Gasteiger partial charge < -0.3 is 0 Å². The molecule has 0 nitrogen and oxygen atoms in total. The fourth-order valence-corrected chi connectivity index (χ4v) is 8.77. The van der Waals surface area contributed by atoms with Crippen molar-refractivity contribution in [3.8, 4) is 33.4 Å². The van der Waals surface area contributed by atoms with Crippen LogP contribution < -0.4 is 0 Å². The van der Waals surface area contributed by atoms with Gasteiger partial charge in [0.25, 0.3) is 0 Å². The van der Waals surface area contributed by atoms with Gasteiger partial charge in [0.05, 0.1) is 0 Å². The molecule has 2 aliphatic carbocycles. The number of halogens is 1. The number of fused-ring (bicyclic) bond motifs is 6. The highest BCUT2D eigenvalue weighted by atomic mass is 35.5. The summed E-state index contributed by atoms with van der Waals surface area (Å²) in [4.78, 5) is 0. The molecule has 0 N–H and O–H groups in total. The average Bonchev–Trinajstić information content (AvgIpc) is 3.45. The van der Waals surface area contributed by atoms with E-state index < -0.39 is 0 Å². The van der Waals surface area contributed by atoms with Gasteiger partial charge in [0.2, 0.25) is 0 Å². The molecule has 0 heterocycles. The first-order valence-electron chi connectivity index (χ1n) is 18.1. The third-order valence-corrected chi connectivity index (χ3v) is 11.4. The van der Waals surface area contributed by atoms with Crippen molar-refractivity contribution in [2.75, 3.05) is 0 Å². The molecule has 6 rings (SSSR count). The van der Waals surface area contributed by atoms with E-state index >= 15 is 0 Å². The van der Waals surface area contributed by atoms with Crippen molar-refractivity contribution in [1.29, 1.82) is 0 Å². The minimum atomic E-state index is -0.0716. The first kappa shape index (κ1) is 32.1. The summed E-state index contributed by atoms with van der Waals surface area (Å²) in [5.41, 5.74) is 14.2. The summed E-state index contributed by atoms with van der Waals surface area (Å²) in [5.74, 6) is 0. The van der Waals surface area contributed by atoms with Crippen molar-refractivity contribution in [2.45, 2.75) is 128 Å². The summed E-state index contributed by atoms with van der Waals surface area (Å²) in [7, 11) is 0. The molecule has 4 aromatic rings. The maximum absolute atomic E-state index is 6.48. The van der Waals surface area contributed by atoms with Crippen LogP contribution in [0, 0.1) is 0 Å². The Morgan fingerprint density at radius 2 is 0.933 bits per heavy atom. The number of hydrogen-bond acceptors (Lipinski definition) is 0. The number of rotatable bonds is 15. The van der Waals surface area contributed by atoms with Crippen LogP contribution in [0.25, 0.3) is 33.4 Å². The predicted molar refractivity (Wildman–Crippen MR) is 197 cm³/mol. The van der Waals surface area contributed by atoms with E-state index in [0.29, 0.717) is 0 Å². The molecule has 4 aromatic carbocycles. The normalized spacial score (nSPS) is 15.0. The van der Waals surface area contributed by atoms with Gasteiger partial charge in [-0.3, -0.25) is 0 Å². The highest BCUT2D eigenvalue weighted by Crippen LogP contribution is 2.55. The highest BCUT2D eigenvalue weighted by Gasteiger charge is 2.42. The molecule has 236 valence electrons. The lowest BCUT2D eigenvalue weighted by Gasteiger charge is -2.33. The molecule has 0 unspecified atom stereocenters. The average molecular weight is 617 g/mol. The SMILES string of the molecule is CCCCCCCCC1(CCCCCCCC)c2ccccc2-c2ccc(-c3ccc4c(c3)C(C)(C)c3cc(Cl)ccc3-4)cc21. The second kappa shape index (κ2) is 13.9. The Labute approximate surface area is 278 Å². The van der Waals surface area contributed by atoms with Crippen LogP contribution in [0.1, 0.15) is 140 Å². The molecule has 1 heteroatoms. The summed E-state index contributed by atoms with van der Waals surface area (Å²) in [5, 5.41) is 0.820. The monoisotopic (exact) mass is 616 g/mol. The van der Waals surface area contributed by atoms with Crippen LogP contribution in [0.4, 0.5) is 0 Å². The van der Waals surface area contributed by atoms with Crippen LogP contribution >= 0.6 is 11.6 Å². The molecule has 0 aromatic heterocycles. The Morgan fingerprint density at radius 1 is 0.467 bits per heavy atom. The quantitative estimate of drug-likeness (QED) is 0.117. The van der Waals surface area contributed by atoms with Gasteiger partial charge in [-0.15, -0.1) is 0 Å². The Balaban J connectivity index is 1.36. The fraction of sp³-hybridized carbons (Fsp3) is 0.455. The third kappa shape index (κ3) is 6.17. The second-order valence-electron chi connectivity index (χ2n) is 14.5. The van der Waals surface area contributed by atoms with Crippen molar-refractivity contribution >= 4 is 11.6 Å². The molecule has 0 aliphatic heterocycles. The van der Waals surface area contributed by atoms with Gasteiger partial charge in [-0.25, -0.2) is 0 Å². The summed E-state index contributed by atoms with van der Waals surface area (Å²) in [6.07, 6.45) is 18.7. The van der Waals surface area contributed by atoms with Crippen LogP contribution in [0.5, 0.6) is 0 Å². The highest BCUT2D eigenvalue weighted by molar-refractivity contribution is 6.30. The molecule has 0 spiro atoms. The van der Waals surface area contributed by atoms with Gasteiger partial charge in [-0.05, 0) is 92.7 Å². The van der Waals surface area contributed by atoms with E-state index in [9.17, 15) is 0 Å². The van der Waals surface area contributed by atoms with Gasteiger partial charge in [0.1, 0.15) is 0 Å². The van der Waals surface area contributed by atoms with Gasteiger partial charge in [0.15, 0.2) is 0 Å². The van der Waals surface area contributed by atoms with E-state index in [1.807, 2.05) is 6.07 Å². The van der Waals surface area contributed by atoms with Gasteiger partial charge in [0, 0.05) is 15.9 Å². The first-order valence-corrected chi connectivity index (χ1v) is 18.5. The van der Waals surface area contributed by atoms with Crippen LogP contribution in [0.2, 0.25) is 5.02 Å². The van der Waals surface area contributed by atoms with E-state index in [4.69, 9.17) is 11.6 Å². The molecule has 0 amide bonds. The van der Waals surface area contributed by atoms with E-state index in [2.05, 4.69) is 100 Å². The zero-order valence-electron chi connectivity index (χ0n) is 28.3. The first-order chi connectivity index (χ1) is 21.9. The van der Waals surface area contributed by atoms with Crippen LogP contribution in [-0.2, 0) is 10.8 Å². The largest absolute Gasteiger partial charge is 0.0843 e. The maximum Gasteiger partial charge on any atom is 0.0409 e. The Bertz CT molecular complexity index is 1610. The fourth-order valence-electron chi connectivity index (χ4n) is 8.60. The third-order valence-electron chi connectivity index (χ3n) is 11.2. The molecule has 0 radical (unpaired) electrons. The maximum atomic E-state index is 6.48. The zero-order valence-corrected chi connectivity index (χ0v) is 29.0. The van der Waals surface area contributed by atoms with Crippen LogP contribution in [0.3, 0.4) is 0 Å². The molecule has 2 aliphatic rings. The molecule has 0 atom stereocenters. The predicted octanol–water partition coefficient (Wildman–Crippen LogP) is 14.1. The molecular formula is C44H53Cl. The molecular weight excluding hydrogens is 564 g/mol. The topological polar surface area (TPSA) is 0 Å². The summed E-state index contributed by atoms with van der Waals surface area (Å²) in [6.45, 7) is 9.33. The number of benzene rings is 4. The van der Waals surface area contributed by atoms with Crippen LogP contribution in [0.15, 0.2) is 78.9 Å². The van der Waals surface area contributed by atoms with Gasteiger partial charge in [-0.1, -0.05) is 171 Å². The smallest absolute Gasteiger partial charge is 0.0409 e. The van der Waals surface area contributed by atoms with Gasteiger partial charge in [-0.2, -0.15) is 0 Å². The minimum absolute atomic E-state index is 0.0716. The van der Waals surface area contributed by atoms with Crippen molar-refractivity contribution < 1.29 is 0 Å². The van der Waals surface area contributed by atoms with E-state index in [0.717, 1.165) is 5.02 Å². The second-order valence-corrected chi connectivity index (χ2v) is 14.9. The summed E-state index contributed by atoms with van der Waals surface area (Å²) >= 11 is 6.48. The Hall–Kier alpha value is -2.83. The lowest BCUT2D eigenvalue weighted by molar-refractivity contribution is 0.398. The molecule has 0 fully saturated rings. The lowest BCUT2D eigenvalue weighted by atomic mass is 9.70. The standard InChI is InChI=1S/C44H53Cl/c1-5-7-9-11-13-17-27-44(28-18-14-12-10-8-6-2)39-20-16-15-19-35(39)38-25-22-33(30-42(38)44)32-21-24-36-37-26-23-34(45)31-41(37)43(3,4)40(36)29-32/h15-16,19-26,29-31H,5-14,17-18,27-28H2,1-4H3. The number of unbranched alkanes of at least 4 members (excludes halogenated alkanes) is 10. The molecule has 0 bridgehead atoms. The van der Waals surface area contributed by atoms with E-state index in [1.165, 1.54) is 134 Å². The van der Waals surface area contributed by atoms with Crippen molar-refractivity contribution in [1.82, 2.24) is 0 Å². The number of hydrogen-bond donors (Lipinski definition) is 0. The van der Waals surface area contributed by atoms with Crippen molar-refractivity contribution in [3.63, 3.8) is 0 Å². The van der Waals surface area contributed by atoms with Crippen molar-refractivity contribution in [3.05, 3.63) is 106 Å². The Morgan fingerprint density at radius 3 is 1.56 bits per heavy atom. The minimum Gasteiger partial charge on any atom is -0.0843 e. The van der Waals surface area contributed by atoms with Crippen LogP contribution in [-0.4, -0.2) is 0 Å². The van der Waals surface area contributed by atoms with Gasteiger partial charge >= 0.3 is 0 Å². The lowest BCUT2D eigenvalue weighted by Crippen LogP contribution is -2.25.